The van der Waals surface area contributed by atoms with Crippen molar-refractivity contribution in [2.75, 3.05) is 14.1 Å². The summed E-state index contributed by atoms with van der Waals surface area (Å²) in [5.74, 6) is -1.94. The standard InChI is InChI=1S/C17H18F2N4O2/c1-23(2)17(25)22-9-12-8-11(6-7-20-12)16(24)21-10-13-14(18)4-3-5-15(13)19/h3-8H,9-10H2,1-2H3,(H,21,24)(H,22,25). The number of benzene rings is 1. The number of nitrogens with one attached hydrogen (secondary N) is 2. The summed E-state index contributed by atoms with van der Waals surface area (Å²) < 4.78 is 27.1. The number of carbonyl (C=O) groups excluding carboxylic acids is 2. The SMILES string of the molecule is CN(C)C(=O)NCc1cc(C(=O)NCc2c(F)cccc2F)ccn1. The minimum absolute atomic E-state index is 0.153. The number of carbonyl (C=O) groups is 2. The van der Waals surface area contributed by atoms with Crippen molar-refractivity contribution >= 4 is 11.9 Å². The number of hydrogen-bond donors (Lipinski definition) is 2. The minimum Gasteiger partial charge on any atom is -0.348 e. The van der Waals surface area contributed by atoms with Gasteiger partial charge in [0.1, 0.15) is 11.6 Å². The number of hydrogen-bond acceptors (Lipinski definition) is 3. The van der Waals surface area contributed by atoms with Crippen molar-refractivity contribution in [1.29, 1.82) is 0 Å². The Bertz CT molecular complexity index is 761. The van der Waals surface area contributed by atoms with E-state index in [9.17, 15) is 18.4 Å². The van der Waals surface area contributed by atoms with E-state index in [-0.39, 0.29) is 30.2 Å². The van der Waals surface area contributed by atoms with Gasteiger partial charge in [-0.25, -0.2) is 13.6 Å². The molecule has 0 aliphatic carbocycles. The lowest BCUT2D eigenvalue weighted by atomic mass is 10.1. The van der Waals surface area contributed by atoms with E-state index in [2.05, 4.69) is 15.6 Å². The van der Waals surface area contributed by atoms with Gasteiger partial charge < -0.3 is 15.5 Å². The summed E-state index contributed by atoms with van der Waals surface area (Å²) in [6, 6.07) is 6.21. The molecule has 132 valence electrons. The van der Waals surface area contributed by atoms with E-state index < -0.39 is 17.5 Å². The lowest BCUT2D eigenvalue weighted by Crippen LogP contribution is -2.34. The van der Waals surface area contributed by atoms with Gasteiger partial charge in [0.2, 0.25) is 0 Å². The molecule has 0 saturated carbocycles. The topological polar surface area (TPSA) is 74.3 Å². The van der Waals surface area contributed by atoms with E-state index in [1.807, 2.05) is 0 Å². The molecule has 25 heavy (non-hydrogen) atoms. The van der Waals surface area contributed by atoms with E-state index >= 15 is 0 Å². The Morgan fingerprint density at radius 2 is 1.76 bits per heavy atom. The van der Waals surface area contributed by atoms with Crippen molar-refractivity contribution in [1.82, 2.24) is 20.5 Å². The molecule has 1 heterocycles. The van der Waals surface area contributed by atoms with Crippen LogP contribution in [0.5, 0.6) is 0 Å². The third-order valence-electron chi connectivity index (χ3n) is 3.39. The number of halogens is 2. The zero-order valence-corrected chi connectivity index (χ0v) is 13.8. The molecule has 0 unspecified atom stereocenters. The molecule has 0 aliphatic rings. The van der Waals surface area contributed by atoms with Crippen molar-refractivity contribution in [3.8, 4) is 0 Å². The van der Waals surface area contributed by atoms with Gasteiger partial charge in [0.25, 0.3) is 5.91 Å². The molecule has 2 N–H and O–H groups in total. The largest absolute Gasteiger partial charge is 0.348 e. The first-order chi connectivity index (χ1) is 11.9. The summed E-state index contributed by atoms with van der Waals surface area (Å²) in [6.07, 6.45) is 1.43. The van der Waals surface area contributed by atoms with E-state index in [1.165, 1.54) is 29.3 Å². The summed E-state index contributed by atoms with van der Waals surface area (Å²) in [7, 11) is 3.21. The van der Waals surface area contributed by atoms with Gasteiger partial charge in [-0.2, -0.15) is 0 Å². The van der Waals surface area contributed by atoms with Gasteiger partial charge in [-0.05, 0) is 24.3 Å². The first kappa shape index (κ1) is 18.3. The van der Waals surface area contributed by atoms with Crippen molar-refractivity contribution in [2.45, 2.75) is 13.1 Å². The van der Waals surface area contributed by atoms with Crippen LogP contribution in [0.3, 0.4) is 0 Å². The number of pyridine rings is 1. The van der Waals surface area contributed by atoms with Crippen molar-refractivity contribution in [2.24, 2.45) is 0 Å². The Hall–Kier alpha value is -3.03. The molecular formula is C17H18F2N4O2. The molecule has 0 spiro atoms. The van der Waals surface area contributed by atoms with Crippen LogP contribution in [0.1, 0.15) is 21.6 Å². The fraction of sp³-hybridized carbons (Fsp3) is 0.235. The normalized spacial score (nSPS) is 10.2. The summed E-state index contributed by atoms with van der Waals surface area (Å²) in [4.78, 5) is 29.1. The predicted octanol–water partition coefficient (Wildman–Crippen LogP) is 2.06. The Labute approximate surface area is 143 Å². The number of nitrogens with zero attached hydrogens (tertiary/aromatic N) is 2. The van der Waals surface area contributed by atoms with E-state index in [4.69, 9.17) is 0 Å². The molecule has 0 fully saturated rings. The summed E-state index contributed by atoms with van der Waals surface area (Å²) in [5.41, 5.74) is 0.559. The molecule has 0 aliphatic heterocycles. The van der Waals surface area contributed by atoms with Crippen molar-refractivity contribution in [3.05, 3.63) is 65.0 Å². The molecule has 8 heteroatoms. The van der Waals surface area contributed by atoms with Crippen LogP contribution >= 0.6 is 0 Å². The molecule has 0 bridgehead atoms. The van der Waals surface area contributed by atoms with Crippen LogP contribution in [-0.4, -0.2) is 35.9 Å². The number of urea groups is 1. The molecule has 2 rings (SSSR count). The van der Waals surface area contributed by atoms with Crippen molar-refractivity contribution < 1.29 is 18.4 Å². The average molecular weight is 348 g/mol. The first-order valence-electron chi connectivity index (χ1n) is 7.49. The zero-order valence-electron chi connectivity index (χ0n) is 13.8. The highest BCUT2D eigenvalue weighted by Gasteiger charge is 2.12. The maximum absolute atomic E-state index is 13.6. The molecule has 1 aromatic carbocycles. The van der Waals surface area contributed by atoms with Crippen molar-refractivity contribution in [3.63, 3.8) is 0 Å². The van der Waals surface area contributed by atoms with Crippen LogP contribution in [0.2, 0.25) is 0 Å². The second kappa shape index (κ2) is 8.18. The van der Waals surface area contributed by atoms with Gasteiger partial charge in [-0.1, -0.05) is 6.07 Å². The van der Waals surface area contributed by atoms with Gasteiger partial charge in [0, 0.05) is 38.0 Å². The Balaban J connectivity index is 2.00. The van der Waals surface area contributed by atoms with Crippen LogP contribution in [0, 0.1) is 11.6 Å². The van der Waals surface area contributed by atoms with E-state index in [1.54, 1.807) is 14.1 Å². The maximum Gasteiger partial charge on any atom is 0.317 e. The maximum atomic E-state index is 13.6. The molecule has 3 amide bonds. The fourth-order valence-electron chi connectivity index (χ4n) is 2.01. The number of amides is 3. The monoisotopic (exact) mass is 348 g/mol. The summed E-state index contributed by atoms with van der Waals surface area (Å²) in [5, 5.41) is 5.10. The first-order valence-corrected chi connectivity index (χ1v) is 7.49. The molecular weight excluding hydrogens is 330 g/mol. The second-order valence-electron chi connectivity index (χ2n) is 5.47. The predicted molar refractivity (Wildman–Crippen MR) is 87.7 cm³/mol. The lowest BCUT2D eigenvalue weighted by Gasteiger charge is -2.12. The highest BCUT2D eigenvalue weighted by molar-refractivity contribution is 5.94. The molecule has 2 aromatic rings. The van der Waals surface area contributed by atoms with Gasteiger partial charge in [-0.3, -0.25) is 9.78 Å². The quantitative estimate of drug-likeness (QED) is 0.869. The molecule has 0 saturated heterocycles. The number of aromatic nitrogens is 1. The third kappa shape index (κ3) is 4.97. The van der Waals surface area contributed by atoms with Gasteiger partial charge in [0.05, 0.1) is 12.2 Å². The summed E-state index contributed by atoms with van der Waals surface area (Å²) >= 11 is 0. The smallest absolute Gasteiger partial charge is 0.317 e. The Morgan fingerprint density at radius 1 is 1.08 bits per heavy atom. The molecule has 0 atom stereocenters. The van der Waals surface area contributed by atoms with E-state index in [0.717, 1.165) is 12.1 Å². The van der Waals surface area contributed by atoms with Crippen LogP contribution in [0.15, 0.2) is 36.5 Å². The van der Waals surface area contributed by atoms with Gasteiger partial charge in [0.15, 0.2) is 0 Å². The van der Waals surface area contributed by atoms with Crippen LogP contribution in [-0.2, 0) is 13.1 Å². The summed E-state index contributed by atoms with van der Waals surface area (Å²) in [6.45, 7) is -0.119. The van der Waals surface area contributed by atoms with E-state index in [0.29, 0.717) is 5.69 Å². The highest BCUT2D eigenvalue weighted by Crippen LogP contribution is 2.12. The minimum atomic E-state index is -0.720. The molecule has 6 nitrogen and oxygen atoms in total. The second-order valence-corrected chi connectivity index (χ2v) is 5.47. The highest BCUT2D eigenvalue weighted by atomic mass is 19.1. The third-order valence-corrected chi connectivity index (χ3v) is 3.39. The van der Waals surface area contributed by atoms with Gasteiger partial charge >= 0.3 is 6.03 Å². The zero-order chi connectivity index (χ0) is 18.4. The lowest BCUT2D eigenvalue weighted by molar-refractivity contribution is 0.0950. The van der Waals surface area contributed by atoms with Crippen LogP contribution in [0.4, 0.5) is 13.6 Å². The van der Waals surface area contributed by atoms with Crippen LogP contribution in [0.25, 0.3) is 0 Å². The Kier molecular flexibility index (Phi) is 5.99. The average Bonchev–Trinajstić information content (AvgIpc) is 2.59. The molecule has 0 radical (unpaired) electrons. The van der Waals surface area contributed by atoms with Gasteiger partial charge in [-0.15, -0.1) is 0 Å². The molecule has 1 aromatic heterocycles. The van der Waals surface area contributed by atoms with Crippen LogP contribution < -0.4 is 10.6 Å². The Morgan fingerprint density at radius 3 is 2.40 bits per heavy atom. The fourth-order valence-corrected chi connectivity index (χ4v) is 2.01. The number of rotatable bonds is 5.